The van der Waals surface area contributed by atoms with Gasteiger partial charge in [-0.05, 0) is 41.5 Å². The molecule has 0 atom stereocenters. The lowest BCUT2D eigenvalue weighted by atomic mass is 10.1. The number of hydrogen-bond acceptors (Lipinski definition) is 9. The first-order valence-corrected chi connectivity index (χ1v) is 12.5. The lowest BCUT2D eigenvalue weighted by Crippen LogP contribution is -2.37. The van der Waals surface area contributed by atoms with Crippen molar-refractivity contribution in [2.24, 2.45) is 0 Å². The molecular formula is C23H24N7O4S-. The van der Waals surface area contributed by atoms with Crippen LogP contribution in [-0.2, 0) is 16.6 Å². The van der Waals surface area contributed by atoms with Gasteiger partial charge in [0.25, 0.3) is 0 Å². The molecule has 4 aromatic rings. The molecule has 11 nitrogen and oxygen atoms in total. The third-order valence-corrected chi connectivity index (χ3v) is 7.63. The lowest BCUT2D eigenvalue weighted by molar-refractivity contribution is 0.296. The summed E-state index contributed by atoms with van der Waals surface area (Å²) in [6.07, 6.45) is 3.59. The Balaban J connectivity index is 1.54. The largest absolute Gasteiger partial charge is 0.733 e. The minimum atomic E-state index is -3.96. The van der Waals surface area contributed by atoms with Gasteiger partial charge in [0, 0.05) is 44.5 Å². The minimum Gasteiger partial charge on any atom is -0.733 e. The number of aromatic nitrogens is 3. The van der Waals surface area contributed by atoms with Crippen molar-refractivity contribution in [3.63, 3.8) is 0 Å². The van der Waals surface area contributed by atoms with Crippen LogP contribution in [0.3, 0.4) is 0 Å². The van der Waals surface area contributed by atoms with Crippen molar-refractivity contribution < 1.29 is 13.6 Å². The number of nitrogens with one attached hydrogen (secondary N) is 2. The van der Waals surface area contributed by atoms with E-state index in [1.54, 1.807) is 10.7 Å². The Morgan fingerprint density at radius 3 is 2.77 bits per heavy atom. The molecule has 4 bridgehead atoms. The van der Waals surface area contributed by atoms with Crippen molar-refractivity contribution in [3.05, 3.63) is 77.8 Å². The second-order valence-corrected chi connectivity index (χ2v) is 10.1. The molecule has 182 valence electrons. The first-order chi connectivity index (χ1) is 16.9. The Bertz CT molecular complexity index is 1460. The molecule has 5 rings (SSSR count). The summed E-state index contributed by atoms with van der Waals surface area (Å²) in [6, 6.07) is 14.8. The van der Waals surface area contributed by atoms with Gasteiger partial charge in [0.05, 0.1) is 16.8 Å². The van der Waals surface area contributed by atoms with E-state index >= 15 is 0 Å². The van der Waals surface area contributed by atoms with E-state index in [-0.39, 0.29) is 28.9 Å². The topological polar surface area (TPSA) is 138 Å². The summed E-state index contributed by atoms with van der Waals surface area (Å²) < 4.78 is 30.2. The highest BCUT2D eigenvalue weighted by atomic mass is 32.2. The molecular weight excluding hydrogens is 470 g/mol. The van der Waals surface area contributed by atoms with Gasteiger partial charge in [0.1, 0.15) is 5.82 Å². The van der Waals surface area contributed by atoms with Crippen LogP contribution in [0.5, 0.6) is 0 Å². The van der Waals surface area contributed by atoms with Crippen LogP contribution in [-0.4, -0.2) is 58.7 Å². The highest BCUT2D eigenvalue weighted by Crippen LogP contribution is 2.27. The van der Waals surface area contributed by atoms with Crippen molar-refractivity contribution in [2.75, 3.05) is 36.7 Å². The van der Waals surface area contributed by atoms with Crippen molar-refractivity contribution in [1.82, 2.24) is 24.2 Å². The predicted molar refractivity (Wildman–Crippen MR) is 131 cm³/mol. The molecule has 0 radical (unpaired) electrons. The Labute approximate surface area is 202 Å². The lowest BCUT2D eigenvalue weighted by Gasteiger charge is -2.25. The fourth-order valence-corrected chi connectivity index (χ4v) is 5.48. The van der Waals surface area contributed by atoms with Gasteiger partial charge in [-0.1, -0.05) is 24.3 Å². The van der Waals surface area contributed by atoms with Gasteiger partial charge in [-0.15, -0.1) is 0 Å². The van der Waals surface area contributed by atoms with Crippen molar-refractivity contribution in [1.29, 1.82) is 0 Å². The summed E-state index contributed by atoms with van der Waals surface area (Å²) in [7, 11) is -3.96. The fraction of sp³-hybridized carbons (Fsp3) is 0.217. The fourth-order valence-electron chi connectivity index (χ4n) is 4.02. The van der Waals surface area contributed by atoms with E-state index in [4.69, 9.17) is 4.98 Å². The number of sulfonamides is 1. The van der Waals surface area contributed by atoms with E-state index in [0.29, 0.717) is 25.3 Å². The van der Waals surface area contributed by atoms with Crippen LogP contribution in [0.15, 0.2) is 71.9 Å². The smallest absolute Gasteiger partial charge is 0.243 e. The van der Waals surface area contributed by atoms with Gasteiger partial charge in [-0.2, -0.15) is 9.40 Å². The molecule has 0 unspecified atom stereocenters. The monoisotopic (exact) mass is 494 g/mol. The number of anilines is 2. The highest BCUT2D eigenvalue weighted by Gasteiger charge is 2.25. The number of nitrogens with zero attached hydrogens (tertiary/aromatic N) is 5. The normalized spacial score (nSPS) is 15.4. The SMILES string of the molecule is O=S(=O)(c1cccc(N([O-])O)c1)N1CCNCCNc2ccn3ncc(c3n2)-c2cccc(c2)C1. The zero-order valence-electron chi connectivity index (χ0n) is 18.7. The van der Waals surface area contributed by atoms with E-state index in [9.17, 15) is 18.8 Å². The van der Waals surface area contributed by atoms with Crippen molar-refractivity contribution >= 4 is 27.2 Å². The van der Waals surface area contributed by atoms with Crippen LogP contribution >= 0.6 is 0 Å². The number of hydrogen-bond donors (Lipinski definition) is 3. The summed E-state index contributed by atoms with van der Waals surface area (Å²) in [5, 5.41) is 31.1. The van der Waals surface area contributed by atoms with Gasteiger partial charge in [0.2, 0.25) is 10.0 Å². The molecule has 0 spiro atoms. The van der Waals surface area contributed by atoms with Crippen LogP contribution < -0.4 is 15.9 Å². The molecule has 0 saturated carbocycles. The number of benzene rings is 2. The van der Waals surface area contributed by atoms with E-state index in [1.165, 1.54) is 22.5 Å². The minimum absolute atomic E-state index is 0.0702. The van der Waals surface area contributed by atoms with Crippen molar-refractivity contribution in [3.8, 4) is 11.1 Å². The third-order valence-electron chi connectivity index (χ3n) is 5.79. The first kappa shape index (κ1) is 23.2. The average Bonchev–Trinajstić information content (AvgIpc) is 3.28. The first-order valence-electron chi connectivity index (χ1n) is 11.1. The van der Waals surface area contributed by atoms with E-state index in [1.807, 2.05) is 36.5 Å². The van der Waals surface area contributed by atoms with Crippen LogP contribution in [0.1, 0.15) is 5.56 Å². The molecule has 2 aromatic carbocycles. The number of rotatable bonds is 3. The molecule has 1 aliphatic heterocycles. The predicted octanol–water partition coefficient (Wildman–Crippen LogP) is 2.30. The second kappa shape index (κ2) is 9.60. The summed E-state index contributed by atoms with van der Waals surface area (Å²) in [4.78, 5) is 4.63. The van der Waals surface area contributed by atoms with Gasteiger partial charge in [-0.3, -0.25) is 5.21 Å². The zero-order chi connectivity index (χ0) is 24.4. The summed E-state index contributed by atoms with van der Waals surface area (Å²) in [5.74, 6) is 0.729. The van der Waals surface area contributed by atoms with Crippen LogP contribution in [0, 0.1) is 5.21 Å². The Morgan fingerprint density at radius 2 is 1.91 bits per heavy atom. The quantitative estimate of drug-likeness (QED) is 0.366. The van der Waals surface area contributed by atoms with E-state index < -0.39 is 10.0 Å². The average molecular weight is 495 g/mol. The Kier molecular flexibility index (Phi) is 6.36. The molecule has 0 aliphatic carbocycles. The molecule has 0 fully saturated rings. The summed E-state index contributed by atoms with van der Waals surface area (Å²) in [5.41, 5.74) is 3.04. The maximum atomic E-state index is 13.5. The Hall–Kier alpha value is -3.55. The van der Waals surface area contributed by atoms with Crippen LogP contribution in [0.4, 0.5) is 11.5 Å². The van der Waals surface area contributed by atoms with Gasteiger partial charge in [-0.25, -0.2) is 17.9 Å². The van der Waals surface area contributed by atoms with Crippen LogP contribution in [0.2, 0.25) is 0 Å². The summed E-state index contributed by atoms with van der Waals surface area (Å²) >= 11 is 0. The molecule has 35 heavy (non-hydrogen) atoms. The molecule has 2 aromatic heterocycles. The molecule has 0 saturated heterocycles. The summed E-state index contributed by atoms with van der Waals surface area (Å²) in [6.45, 7) is 1.96. The molecule has 3 N–H and O–H groups in total. The van der Waals surface area contributed by atoms with Crippen molar-refractivity contribution in [2.45, 2.75) is 11.4 Å². The zero-order valence-corrected chi connectivity index (χ0v) is 19.5. The number of fused-ring (bicyclic) bond motifs is 4. The maximum absolute atomic E-state index is 13.5. The van der Waals surface area contributed by atoms with E-state index in [0.717, 1.165) is 28.6 Å². The highest BCUT2D eigenvalue weighted by molar-refractivity contribution is 7.89. The van der Waals surface area contributed by atoms with Gasteiger partial charge < -0.3 is 21.1 Å². The molecule has 0 amide bonds. The second-order valence-electron chi connectivity index (χ2n) is 8.13. The van der Waals surface area contributed by atoms with Gasteiger partial charge >= 0.3 is 0 Å². The van der Waals surface area contributed by atoms with Crippen LogP contribution in [0.25, 0.3) is 16.8 Å². The molecule has 3 heterocycles. The maximum Gasteiger partial charge on any atom is 0.243 e. The van der Waals surface area contributed by atoms with Gasteiger partial charge in [0.15, 0.2) is 5.65 Å². The third kappa shape index (κ3) is 4.83. The molecule has 1 aliphatic rings. The van der Waals surface area contributed by atoms with E-state index in [2.05, 4.69) is 15.7 Å². The Morgan fingerprint density at radius 1 is 1.06 bits per heavy atom. The molecule has 12 heteroatoms. The standard InChI is InChI=1S/C23H24N7O4S/c31-30(32)19-5-2-6-20(14-19)35(33,34)28-12-10-24-8-9-25-22-7-11-29-23(27-22)21(15-26-29)18-4-1-3-17(13-18)16-28/h1-7,11,13-15,24,31H,8-10,12,16H2,(H,25,27)/q-1.